The minimum Gasteiger partial charge on any atom is -0.476 e. The second-order valence-electron chi connectivity index (χ2n) is 5.40. The number of ether oxygens (including phenoxy) is 1. The molecular weight excluding hydrogens is 282 g/mol. The van der Waals surface area contributed by atoms with Crippen molar-refractivity contribution in [3.63, 3.8) is 0 Å². The summed E-state index contributed by atoms with van der Waals surface area (Å²) in [5.41, 5.74) is 0.222. The molecule has 2 aliphatic rings. The van der Waals surface area contributed by atoms with E-state index < -0.39 is 5.60 Å². The van der Waals surface area contributed by atoms with Crippen LogP contribution in [0, 0.1) is 5.92 Å². The molecule has 1 aromatic carbocycles. The molecule has 1 aromatic heterocycles. The molecule has 1 aliphatic heterocycles. The van der Waals surface area contributed by atoms with Crippen molar-refractivity contribution in [3.05, 3.63) is 54.2 Å². The van der Waals surface area contributed by atoms with Gasteiger partial charge in [-0.05, 0) is 24.3 Å². The number of nitrogens with zero attached hydrogens (tertiary/aromatic N) is 2. The van der Waals surface area contributed by atoms with E-state index in [1.165, 1.54) is 0 Å². The van der Waals surface area contributed by atoms with E-state index in [4.69, 9.17) is 4.74 Å². The summed E-state index contributed by atoms with van der Waals surface area (Å²) in [6.07, 6.45) is 2.09. The molecule has 0 bridgehead atoms. The Labute approximate surface area is 126 Å². The summed E-state index contributed by atoms with van der Waals surface area (Å²) in [5, 5.41) is 15.5. The smallest absolute Gasteiger partial charge is 0.270 e. The monoisotopic (exact) mass is 295 g/mol. The highest BCUT2D eigenvalue weighted by atomic mass is 16.5. The van der Waals surface area contributed by atoms with Gasteiger partial charge in [0.25, 0.3) is 5.91 Å². The van der Waals surface area contributed by atoms with Crippen molar-refractivity contribution in [1.82, 2.24) is 4.98 Å². The summed E-state index contributed by atoms with van der Waals surface area (Å²) in [7, 11) is 0. The minimum atomic E-state index is -1.01. The van der Waals surface area contributed by atoms with Crippen molar-refractivity contribution in [2.75, 3.05) is 5.32 Å². The number of pyridine rings is 1. The quantitative estimate of drug-likeness (QED) is 0.656. The van der Waals surface area contributed by atoms with Crippen molar-refractivity contribution in [1.29, 1.82) is 0 Å². The average molecular weight is 295 g/mol. The number of carbonyl (C=O) groups excluding carboxylic acids is 1. The molecule has 0 radical (unpaired) electrons. The second kappa shape index (κ2) is 4.56. The highest BCUT2D eigenvalue weighted by molar-refractivity contribution is 6.14. The molecule has 4 rings (SSSR count). The first kappa shape index (κ1) is 12.8. The first-order chi connectivity index (χ1) is 10.7. The number of amides is 1. The van der Waals surface area contributed by atoms with Gasteiger partial charge in [0.1, 0.15) is 11.6 Å². The van der Waals surface area contributed by atoms with Gasteiger partial charge < -0.3 is 15.3 Å². The van der Waals surface area contributed by atoms with Crippen LogP contribution in [0.25, 0.3) is 0 Å². The number of anilines is 1. The molecule has 110 valence electrons. The van der Waals surface area contributed by atoms with Gasteiger partial charge in [0.2, 0.25) is 0 Å². The number of fused-ring (bicyclic) bond motifs is 2. The van der Waals surface area contributed by atoms with Crippen LogP contribution in [-0.4, -0.2) is 27.4 Å². The Morgan fingerprint density at radius 1 is 1.32 bits per heavy atom. The first-order valence-corrected chi connectivity index (χ1v) is 6.97. The summed E-state index contributed by atoms with van der Waals surface area (Å²) in [6.45, 7) is 0. The molecule has 1 saturated carbocycles. The largest absolute Gasteiger partial charge is 0.476 e. The molecule has 6 nitrogen and oxygen atoms in total. The van der Waals surface area contributed by atoms with Crippen molar-refractivity contribution < 1.29 is 14.7 Å². The molecule has 1 aliphatic carbocycles. The van der Waals surface area contributed by atoms with Crippen LogP contribution in [0.1, 0.15) is 12.0 Å². The zero-order chi connectivity index (χ0) is 15.2. The van der Waals surface area contributed by atoms with E-state index in [9.17, 15) is 10.0 Å². The number of hydrogen-bond donors (Lipinski definition) is 2. The summed E-state index contributed by atoms with van der Waals surface area (Å²) in [6, 6.07) is 12.5. The average Bonchev–Trinajstić information content (AvgIpc) is 3.29. The van der Waals surface area contributed by atoms with E-state index in [1.807, 2.05) is 18.2 Å². The molecule has 2 N–H and O–H groups in total. The fourth-order valence-corrected chi connectivity index (χ4v) is 2.91. The highest BCUT2D eigenvalue weighted by Gasteiger charge is 2.68. The van der Waals surface area contributed by atoms with E-state index in [2.05, 4.69) is 15.5 Å². The lowest BCUT2D eigenvalue weighted by Crippen LogP contribution is -2.41. The van der Waals surface area contributed by atoms with Gasteiger partial charge in [-0.1, -0.05) is 23.4 Å². The number of nitrogens with one attached hydrogen (secondary N) is 1. The van der Waals surface area contributed by atoms with Crippen LogP contribution < -0.4 is 10.1 Å². The fraction of sp³-hybridized carbons (Fsp3) is 0.188. The van der Waals surface area contributed by atoms with Crippen LogP contribution in [0.5, 0.6) is 5.75 Å². The third-order valence-electron chi connectivity index (χ3n) is 4.09. The Balaban J connectivity index is 1.66. The molecule has 0 saturated heterocycles. The molecule has 2 aromatic rings. The molecule has 2 atom stereocenters. The first-order valence-electron chi connectivity index (χ1n) is 6.97. The maximum Gasteiger partial charge on any atom is 0.270 e. The predicted molar refractivity (Wildman–Crippen MR) is 79.1 cm³/mol. The Hall–Kier alpha value is -2.89. The SMILES string of the molecule is O=C(Nc1ccccn1)C12CC1/C(=N/O)c1ccccc1O2. The number of oxime groups is 1. The standard InChI is InChI=1S/C16H13N3O3/c20-15(18-13-7-3-4-8-17-13)16-9-11(16)14(19-21)10-5-1-2-6-12(10)22-16/h1-8,11,21H,9H2,(H,17,18,20)/b19-14+. The van der Waals surface area contributed by atoms with Gasteiger partial charge in [0.15, 0.2) is 5.60 Å². The minimum absolute atomic E-state index is 0.240. The Bertz CT molecular complexity index is 775. The van der Waals surface area contributed by atoms with Crippen LogP contribution >= 0.6 is 0 Å². The fourth-order valence-electron chi connectivity index (χ4n) is 2.91. The van der Waals surface area contributed by atoms with Gasteiger partial charge in [-0.25, -0.2) is 4.98 Å². The lowest BCUT2D eigenvalue weighted by molar-refractivity contribution is -0.125. The lowest BCUT2D eigenvalue weighted by Gasteiger charge is -2.25. The van der Waals surface area contributed by atoms with Gasteiger partial charge in [-0.15, -0.1) is 0 Å². The van der Waals surface area contributed by atoms with E-state index in [0.29, 0.717) is 23.7 Å². The van der Waals surface area contributed by atoms with Crippen LogP contribution in [0.2, 0.25) is 0 Å². The summed E-state index contributed by atoms with van der Waals surface area (Å²) >= 11 is 0. The Morgan fingerprint density at radius 3 is 2.91 bits per heavy atom. The van der Waals surface area contributed by atoms with E-state index in [1.54, 1.807) is 30.5 Å². The number of hydrogen-bond acceptors (Lipinski definition) is 5. The maximum absolute atomic E-state index is 12.6. The van der Waals surface area contributed by atoms with Gasteiger partial charge in [-0.2, -0.15) is 0 Å². The number of benzene rings is 1. The number of para-hydroxylation sites is 1. The van der Waals surface area contributed by atoms with E-state index >= 15 is 0 Å². The van der Waals surface area contributed by atoms with E-state index in [0.717, 1.165) is 5.56 Å². The Kier molecular flexibility index (Phi) is 2.66. The number of rotatable bonds is 2. The third-order valence-corrected chi connectivity index (χ3v) is 4.09. The molecular formula is C16H13N3O3. The molecule has 1 fully saturated rings. The molecule has 2 heterocycles. The molecule has 0 spiro atoms. The topological polar surface area (TPSA) is 83.8 Å². The van der Waals surface area contributed by atoms with Gasteiger partial charge >= 0.3 is 0 Å². The molecule has 22 heavy (non-hydrogen) atoms. The summed E-state index contributed by atoms with van der Waals surface area (Å²) in [4.78, 5) is 16.7. The molecule has 6 heteroatoms. The molecule has 1 amide bonds. The van der Waals surface area contributed by atoms with Crippen molar-refractivity contribution in [2.24, 2.45) is 11.1 Å². The van der Waals surface area contributed by atoms with Crippen molar-refractivity contribution >= 4 is 17.4 Å². The zero-order valence-corrected chi connectivity index (χ0v) is 11.6. The lowest BCUT2D eigenvalue weighted by atomic mass is 9.99. The zero-order valence-electron chi connectivity index (χ0n) is 11.6. The number of carbonyl (C=O) groups is 1. The van der Waals surface area contributed by atoms with Crippen LogP contribution in [0.3, 0.4) is 0 Å². The summed E-state index contributed by atoms with van der Waals surface area (Å²) in [5.74, 6) is 0.514. The maximum atomic E-state index is 12.6. The van der Waals surface area contributed by atoms with Crippen LogP contribution in [0.4, 0.5) is 5.82 Å². The Morgan fingerprint density at radius 2 is 2.14 bits per heavy atom. The van der Waals surface area contributed by atoms with Crippen LogP contribution in [0.15, 0.2) is 53.8 Å². The summed E-state index contributed by atoms with van der Waals surface area (Å²) < 4.78 is 5.93. The molecule has 2 unspecified atom stereocenters. The van der Waals surface area contributed by atoms with E-state index in [-0.39, 0.29) is 11.8 Å². The predicted octanol–water partition coefficient (Wildman–Crippen LogP) is 2.05. The number of aromatic nitrogens is 1. The van der Waals surface area contributed by atoms with Crippen molar-refractivity contribution in [3.8, 4) is 5.75 Å². The second-order valence-corrected chi connectivity index (χ2v) is 5.40. The van der Waals surface area contributed by atoms with Gasteiger partial charge in [0, 0.05) is 18.2 Å². The van der Waals surface area contributed by atoms with Crippen molar-refractivity contribution in [2.45, 2.75) is 12.0 Å². The third kappa shape index (κ3) is 1.77. The highest BCUT2D eigenvalue weighted by Crippen LogP contribution is 2.54. The normalized spacial score (nSPS) is 26.5. The van der Waals surface area contributed by atoms with Crippen LogP contribution in [-0.2, 0) is 4.79 Å². The van der Waals surface area contributed by atoms with Gasteiger partial charge in [0.05, 0.1) is 11.6 Å². The van der Waals surface area contributed by atoms with Gasteiger partial charge in [-0.3, -0.25) is 4.79 Å².